The van der Waals surface area contributed by atoms with Crippen LogP contribution in [0.25, 0.3) is 0 Å². The Labute approximate surface area is 56.5 Å². The number of aromatic nitrogens is 2. The molecule has 10 heavy (non-hydrogen) atoms. The lowest BCUT2D eigenvalue weighted by atomic mass is 10.3. The van der Waals surface area contributed by atoms with Gasteiger partial charge in [0.15, 0.2) is 5.95 Å². The summed E-state index contributed by atoms with van der Waals surface area (Å²) < 4.78 is 0. The van der Waals surface area contributed by atoms with Crippen LogP contribution in [0.4, 0.5) is 5.95 Å². The number of nitrogens with zero attached hydrogens (tertiary/aromatic N) is 2. The summed E-state index contributed by atoms with van der Waals surface area (Å²) in [5.41, 5.74) is 5.27. The van der Waals surface area contributed by atoms with Crippen molar-refractivity contribution in [2.75, 3.05) is 5.73 Å². The van der Waals surface area contributed by atoms with Crippen LogP contribution in [0.15, 0.2) is 6.20 Å². The highest BCUT2D eigenvalue weighted by molar-refractivity contribution is 6.06. The Balaban J connectivity index is 2.98. The summed E-state index contributed by atoms with van der Waals surface area (Å²) in [6, 6.07) is 1.43. The number of carbonyl (C=O) groups is 1. The SMILES string of the molecule is N#CC(=O)c1cnc(N)[nH]1. The van der Waals surface area contributed by atoms with Crippen molar-refractivity contribution in [2.45, 2.75) is 0 Å². The molecule has 0 unspecified atom stereocenters. The number of anilines is 1. The third-order valence-corrected chi connectivity index (χ3v) is 0.942. The number of ketones is 1. The number of nitrogens with two attached hydrogens (primary N) is 1. The fourth-order valence-corrected chi connectivity index (χ4v) is 0.512. The van der Waals surface area contributed by atoms with E-state index in [2.05, 4.69) is 9.97 Å². The van der Waals surface area contributed by atoms with Gasteiger partial charge in [-0.05, 0) is 0 Å². The molecule has 0 bridgehead atoms. The van der Waals surface area contributed by atoms with E-state index in [9.17, 15) is 4.79 Å². The van der Waals surface area contributed by atoms with Crippen molar-refractivity contribution >= 4 is 11.7 Å². The van der Waals surface area contributed by atoms with Crippen molar-refractivity contribution < 1.29 is 4.79 Å². The maximum Gasteiger partial charge on any atom is 0.279 e. The number of rotatable bonds is 1. The molecule has 0 aliphatic carbocycles. The zero-order chi connectivity index (χ0) is 7.56. The Morgan fingerprint density at radius 1 is 1.90 bits per heavy atom. The van der Waals surface area contributed by atoms with E-state index >= 15 is 0 Å². The van der Waals surface area contributed by atoms with Crippen LogP contribution < -0.4 is 5.73 Å². The third kappa shape index (κ3) is 0.951. The summed E-state index contributed by atoms with van der Waals surface area (Å²) in [5, 5.41) is 8.11. The molecule has 0 radical (unpaired) electrons. The highest BCUT2D eigenvalue weighted by Gasteiger charge is 2.05. The van der Waals surface area contributed by atoms with Gasteiger partial charge in [0.25, 0.3) is 5.78 Å². The van der Waals surface area contributed by atoms with Gasteiger partial charge < -0.3 is 10.7 Å². The predicted molar refractivity (Wildman–Crippen MR) is 32.9 cm³/mol. The van der Waals surface area contributed by atoms with E-state index in [0.717, 1.165) is 0 Å². The van der Waals surface area contributed by atoms with Crippen LogP contribution in [0.2, 0.25) is 0 Å². The lowest BCUT2D eigenvalue weighted by Gasteiger charge is -1.80. The number of H-pyrrole nitrogens is 1. The number of nitriles is 1. The molecule has 1 aromatic rings. The molecule has 1 heterocycles. The van der Waals surface area contributed by atoms with E-state index in [1.165, 1.54) is 12.3 Å². The van der Waals surface area contributed by atoms with Crippen LogP contribution in [0, 0.1) is 11.3 Å². The van der Waals surface area contributed by atoms with Crippen LogP contribution in [-0.2, 0) is 0 Å². The molecule has 0 aromatic carbocycles. The molecule has 50 valence electrons. The van der Waals surface area contributed by atoms with Crippen LogP contribution in [0.1, 0.15) is 10.5 Å². The van der Waals surface area contributed by atoms with Crippen molar-refractivity contribution in [1.82, 2.24) is 9.97 Å². The third-order valence-electron chi connectivity index (χ3n) is 0.942. The molecule has 0 amide bonds. The van der Waals surface area contributed by atoms with Gasteiger partial charge >= 0.3 is 0 Å². The Morgan fingerprint density at radius 3 is 3.00 bits per heavy atom. The maximum atomic E-state index is 10.5. The number of imidazole rings is 1. The fraction of sp³-hybridized carbons (Fsp3) is 0. The topological polar surface area (TPSA) is 95.6 Å². The van der Waals surface area contributed by atoms with Crippen LogP contribution in [0.5, 0.6) is 0 Å². The van der Waals surface area contributed by atoms with Crippen molar-refractivity contribution in [3.05, 3.63) is 11.9 Å². The summed E-state index contributed by atoms with van der Waals surface area (Å²) in [5.74, 6) is -0.525. The van der Waals surface area contributed by atoms with E-state index in [1.807, 2.05) is 0 Å². The summed E-state index contributed by atoms with van der Waals surface area (Å²) in [7, 11) is 0. The Bertz CT molecular complexity index is 295. The van der Waals surface area contributed by atoms with Crippen molar-refractivity contribution in [3.8, 4) is 6.07 Å². The first-order valence-corrected chi connectivity index (χ1v) is 2.49. The summed E-state index contributed by atoms with van der Waals surface area (Å²) in [6.45, 7) is 0. The normalized spacial score (nSPS) is 8.70. The number of hydrogen-bond donors (Lipinski definition) is 2. The van der Waals surface area contributed by atoms with Gasteiger partial charge in [0.05, 0.1) is 6.20 Å². The summed E-state index contributed by atoms with van der Waals surface area (Å²) >= 11 is 0. The van der Waals surface area contributed by atoms with Gasteiger partial charge in [0.1, 0.15) is 11.8 Å². The molecule has 1 aromatic heterocycles. The molecular weight excluding hydrogens is 132 g/mol. The van der Waals surface area contributed by atoms with E-state index in [0.29, 0.717) is 0 Å². The Kier molecular flexibility index (Phi) is 1.38. The molecule has 0 aliphatic rings. The minimum absolute atomic E-state index is 0.125. The van der Waals surface area contributed by atoms with Gasteiger partial charge in [0.2, 0.25) is 0 Å². The van der Waals surface area contributed by atoms with Crippen molar-refractivity contribution in [1.29, 1.82) is 5.26 Å². The highest BCUT2D eigenvalue weighted by atomic mass is 16.1. The highest BCUT2D eigenvalue weighted by Crippen LogP contribution is 1.97. The van der Waals surface area contributed by atoms with E-state index in [1.54, 1.807) is 0 Å². The molecule has 5 heteroatoms. The minimum atomic E-state index is -0.663. The van der Waals surface area contributed by atoms with Gasteiger partial charge in [-0.1, -0.05) is 0 Å². The van der Waals surface area contributed by atoms with Gasteiger partial charge in [0, 0.05) is 0 Å². The average Bonchev–Trinajstić information content (AvgIpc) is 2.34. The average molecular weight is 136 g/mol. The number of hydrogen-bond acceptors (Lipinski definition) is 4. The van der Waals surface area contributed by atoms with Crippen LogP contribution in [0.3, 0.4) is 0 Å². The molecule has 1 rings (SSSR count). The molecule has 0 saturated carbocycles. The smallest absolute Gasteiger partial charge is 0.279 e. The number of nitrogens with one attached hydrogen (secondary N) is 1. The van der Waals surface area contributed by atoms with Crippen LogP contribution >= 0.6 is 0 Å². The quantitative estimate of drug-likeness (QED) is 0.409. The van der Waals surface area contributed by atoms with E-state index in [4.69, 9.17) is 11.0 Å². The zero-order valence-corrected chi connectivity index (χ0v) is 4.96. The monoisotopic (exact) mass is 136 g/mol. The minimum Gasteiger partial charge on any atom is -0.369 e. The van der Waals surface area contributed by atoms with E-state index in [-0.39, 0.29) is 11.6 Å². The van der Waals surface area contributed by atoms with Gasteiger partial charge in [-0.3, -0.25) is 4.79 Å². The summed E-state index contributed by atoms with van der Waals surface area (Å²) in [4.78, 5) is 16.5. The molecular formula is C5H4N4O. The first-order chi connectivity index (χ1) is 4.74. The maximum absolute atomic E-state index is 10.5. The van der Waals surface area contributed by atoms with E-state index < -0.39 is 5.78 Å². The molecule has 0 spiro atoms. The largest absolute Gasteiger partial charge is 0.369 e. The first kappa shape index (κ1) is 6.29. The van der Waals surface area contributed by atoms with Crippen molar-refractivity contribution in [2.24, 2.45) is 0 Å². The number of carbonyl (C=O) groups excluding carboxylic acids is 1. The second kappa shape index (κ2) is 2.19. The second-order valence-corrected chi connectivity index (χ2v) is 1.62. The molecule has 5 nitrogen and oxygen atoms in total. The number of nitrogen functional groups attached to an aromatic ring is 1. The molecule has 0 aliphatic heterocycles. The Hall–Kier alpha value is -1.83. The molecule has 0 atom stereocenters. The number of aromatic amines is 1. The van der Waals surface area contributed by atoms with Crippen molar-refractivity contribution in [3.63, 3.8) is 0 Å². The van der Waals surface area contributed by atoms with Gasteiger partial charge in [-0.25, -0.2) is 4.98 Å². The second-order valence-electron chi connectivity index (χ2n) is 1.62. The Morgan fingerprint density at radius 2 is 2.60 bits per heavy atom. The van der Waals surface area contributed by atoms with Crippen LogP contribution in [-0.4, -0.2) is 15.8 Å². The lowest BCUT2D eigenvalue weighted by molar-refractivity contribution is 0.105. The molecule has 0 fully saturated rings. The lowest BCUT2D eigenvalue weighted by Crippen LogP contribution is -1.94. The number of Topliss-reactive ketones (excluding diaryl/α,β-unsaturated/α-hetero) is 1. The summed E-state index contributed by atoms with van der Waals surface area (Å²) in [6.07, 6.45) is 1.22. The standard InChI is InChI=1S/C5H4N4O/c6-1-4(10)3-2-8-5(7)9-3/h2H,(H3,7,8,9). The molecule has 3 N–H and O–H groups in total. The van der Waals surface area contributed by atoms with Gasteiger partial charge in [-0.15, -0.1) is 0 Å². The first-order valence-electron chi connectivity index (χ1n) is 2.49. The zero-order valence-electron chi connectivity index (χ0n) is 4.96. The van der Waals surface area contributed by atoms with Gasteiger partial charge in [-0.2, -0.15) is 5.26 Å². The predicted octanol–water partition coefficient (Wildman–Crippen LogP) is -0.302. The molecule has 0 saturated heterocycles. The fourth-order valence-electron chi connectivity index (χ4n) is 0.512.